The van der Waals surface area contributed by atoms with Crippen LogP contribution in [0.2, 0.25) is 0 Å². The van der Waals surface area contributed by atoms with Crippen molar-refractivity contribution in [3.8, 4) is 5.75 Å². The van der Waals surface area contributed by atoms with Gasteiger partial charge in [-0.2, -0.15) is 0 Å². The first-order valence-corrected chi connectivity index (χ1v) is 5.55. The van der Waals surface area contributed by atoms with Crippen LogP contribution in [0.25, 0.3) is 0 Å². The van der Waals surface area contributed by atoms with Gasteiger partial charge in [-0.3, -0.25) is 10.1 Å². The molecule has 0 aliphatic rings. The maximum atomic E-state index is 13.3. The number of benzene rings is 1. The lowest BCUT2D eigenvalue weighted by Gasteiger charge is -2.18. The standard InChI is InChI=1S/C10H12BrFN2O3/c1-10(2,13)5-17-9-4-7(12)6(11)3-8(9)14(15)16/h3-4H,5,13H2,1-2H3. The first-order chi connectivity index (χ1) is 7.70. The number of ether oxygens (including phenoxy) is 1. The van der Waals surface area contributed by atoms with Crippen LogP contribution in [0.3, 0.4) is 0 Å². The van der Waals surface area contributed by atoms with Crippen LogP contribution in [0, 0.1) is 15.9 Å². The van der Waals surface area contributed by atoms with Gasteiger partial charge >= 0.3 is 5.69 Å². The summed E-state index contributed by atoms with van der Waals surface area (Å²) in [4.78, 5) is 10.1. The van der Waals surface area contributed by atoms with Gasteiger partial charge in [0.1, 0.15) is 12.4 Å². The molecule has 0 amide bonds. The molecule has 0 bridgehead atoms. The quantitative estimate of drug-likeness (QED) is 0.685. The van der Waals surface area contributed by atoms with Crippen molar-refractivity contribution < 1.29 is 14.1 Å². The molecule has 1 rings (SSSR count). The summed E-state index contributed by atoms with van der Waals surface area (Å²) in [5, 5.41) is 10.8. The van der Waals surface area contributed by atoms with Crippen LogP contribution in [0.1, 0.15) is 13.8 Å². The van der Waals surface area contributed by atoms with Crippen molar-refractivity contribution >= 4 is 21.6 Å². The van der Waals surface area contributed by atoms with Gasteiger partial charge in [-0.15, -0.1) is 0 Å². The predicted molar refractivity (Wildman–Crippen MR) is 64.5 cm³/mol. The molecule has 0 unspecified atom stereocenters. The molecule has 0 radical (unpaired) electrons. The Hall–Kier alpha value is -1.21. The number of nitro groups is 1. The Kier molecular flexibility index (Phi) is 4.05. The van der Waals surface area contributed by atoms with E-state index in [1.54, 1.807) is 13.8 Å². The molecular weight excluding hydrogens is 295 g/mol. The van der Waals surface area contributed by atoms with E-state index in [0.29, 0.717) is 0 Å². The molecule has 0 aliphatic heterocycles. The lowest BCUT2D eigenvalue weighted by Crippen LogP contribution is -2.38. The molecule has 1 aromatic rings. The predicted octanol–water partition coefficient (Wildman–Crippen LogP) is 2.61. The Balaban J connectivity index is 3.05. The number of rotatable bonds is 4. The van der Waals surface area contributed by atoms with E-state index in [4.69, 9.17) is 10.5 Å². The first-order valence-electron chi connectivity index (χ1n) is 4.76. The minimum atomic E-state index is -0.655. The van der Waals surface area contributed by atoms with Crippen molar-refractivity contribution in [2.24, 2.45) is 5.73 Å². The molecule has 5 nitrogen and oxygen atoms in total. The van der Waals surface area contributed by atoms with Crippen LogP contribution >= 0.6 is 15.9 Å². The molecule has 17 heavy (non-hydrogen) atoms. The zero-order valence-corrected chi connectivity index (χ0v) is 11.0. The second kappa shape index (κ2) is 4.97. The van der Waals surface area contributed by atoms with Crippen LogP contribution in [0.4, 0.5) is 10.1 Å². The summed E-state index contributed by atoms with van der Waals surface area (Å²) in [6.07, 6.45) is 0. The maximum Gasteiger partial charge on any atom is 0.312 e. The Morgan fingerprint density at radius 3 is 2.65 bits per heavy atom. The summed E-state index contributed by atoms with van der Waals surface area (Å²) in [5.41, 5.74) is 4.72. The lowest BCUT2D eigenvalue weighted by molar-refractivity contribution is -0.386. The first kappa shape index (κ1) is 13.9. The highest BCUT2D eigenvalue weighted by molar-refractivity contribution is 9.10. The van der Waals surface area contributed by atoms with E-state index in [-0.39, 0.29) is 22.5 Å². The fourth-order valence-corrected chi connectivity index (χ4v) is 1.37. The van der Waals surface area contributed by atoms with Gasteiger partial charge in [-0.25, -0.2) is 4.39 Å². The molecule has 2 N–H and O–H groups in total. The van der Waals surface area contributed by atoms with Gasteiger partial charge in [0.2, 0.25) is 0 Å². The fraction of sp³-hybridized carbons (Fsp3) is 0.400. The molecule has 0 atom stereocenters. The average Bonchev–Trinajstić information content (AvgIpc) is 2.17. The number of nitro benzene ring substituents is 1. The van der Waals surface area contributed by atoms with Gasteiger partial charge in [0, 0.05) is 17.7 Å². The van der Waals surface area contributed by atoms with Crippen molar-refractivity contribution in [3.05, 3.63) is 32.5 Å². The summed E-state index contributed by atoms with van der Waals surface area (Å²) in [6, 6.07) is 2.03. The zero-order valence-electron chi connectivity index (χ0n) is 9.37. The highest BCUT2D eigenvalue weighted by Crippen LogP contribution is 2.32. The van der Waals surface area contributed by atoms with E-state index >= 15 is 0 Å². The molecule has 0 saturated carbocycles. The third-order valence-corrected chi connectivity index (χ3v) is 2.41. The van der Waals surface area contributed by atoms with Crippen molar-refractivity contribution in [1.82, 2.24) is 0 Å². The van der Waals surface area contributed by atoms with E-state index in [0.717, 1.165) is 12.1 Å². The second-order valence-corrected chi connectivity index (χ2v) is 5.12. The van der Waals surface area contributed by atoms with Crippen molar-refractivity contribution in [2.75, 3.05) is 6.61 Å². The minimum Gasteiger partial charge on any atom is -0.485 e. The Bertz CT molecular complexity index is 446. The molecule has 7 heteroatoms. The average molecular weight is 307 g/mol. The van der Waals surface area contributed by atoms with Gasteiger partial charge in [0.15, 0.2) is 5.75 Å². The fourth-order valence-electron chi connectivity index (χ4n) is 1.04. The topological polar surface area (TPSA) is 78.4 Å². The Morgan fingerprint density at radius 2 is 2.18 bits per heavy atom. The number of hydrogen-bond donors (Lipinski definition) is 1. The monoisotopic (exact) mass is 306 g/mol. The summed E-state index contributed by atoms with van der Waals surface area (Å²) >= 11 is 2.88. The summed E-state index contributed by atoms with van der Waals surface area (Å²) in [5.74, 6) is -0.755. The largest absolute Gasteiger partial charge is 0.485 e. The van der Waals surface area contributed by atoms with Crippen LogP contribution < -0.4 is 10.5 Å². The van der Waals surface area contributed by atoms with Gasteiger partial charge in [0.25, 0.3) is 0 Å². The van der Waals surface area contributed by atoms with Crippen LogP contribution in [0.15, 0.2) is 16.6 Å². The zero-order chi connectivity index (χ0) is 13.2. The highest BCUT2D eigenvalue weighted by Gasteiger charge is 2.21. The van der Waals surface area contributed by atoms with Gasteiger partial charge < -0.3 is 10.5 Å². The minimum absolute atomic E-state index is 0.0172. The van der Waals surface area contributed by atoms with Gasteiger partial charge in [-0.05, 0) is 29.8 Å². The second-order valence-electron chi connectivity index (χ2n) is 4.27. The number of halogens is 2. The van der Waals surface area contributed by atoms with E-state index in [2.05, 4.69) is 15.9 Å². The molecular formula is C10H12BrFN2O3. The SMILES string of the molecule is CC(C)(N)COc1cc(F)c(Br)cc1[N+](=O)[O-]. The maximum absolute atomic E-state index is 13.3. The number of nitrogens with two attached hydrogens (primary N) is 1. The molecule has 0 aliphatic carbocycles. The van der Waals surface area contributed by atoms with Crippen molar-refractivity contribution in [1.29, 1.82) is 0 Å². The lowest BCUT2D eigenvalue weighted by atomic mass is 10.1. The Morgan fingerprint density at radius 1 is 1.59 bits per heavy atom. The molecule has 0 heterocycles. The normalized spacial score (nSPS) is 11.4. The van der Waals surface area contributed by atoms with E-state index in [1.807, 2.05) is 0 Å². The van der Waals surface area contributed by atoms with E-state index in [9.17, 15) is 14.5 Å². The molecule has 1 aromatic carbocycles. The molecule has 0 spiro atoms. The molecule has 0 aromatic heterocycles. The van der Waals surface area contributed by atoms with Crippen molar-refractivity contribution in [3.63, 3.8) is 0 Å². The highest BCUT2D eigenvalue weighted by atomic mass is 79.9. The smallest absolute Gasteiger partial charge is 0.312 e. The molecule has 0 fully saturated rings. The third kappa shape index (κ3) is 3.94. The third-order valence-electron chi connectivity index (χ3n) is 1.80. The van der Waals surface area contributed by atoms with E-state index in [1.165, 1.54) is 0 Å². The van der Waals surface area contributed by atoms with E-state index < -0.39 is 16.3 Å². The Labute approximate surface area is 106 Å². The molecule has 94 valence electrons. The van der Waals surface area contributed by atoms with Crippen LogP contribution in [-0.4, -0.2) is 17.1 Å². The van der Waals surface area contributed by atoms with Gasteiger partial charge in [-0.1, -0.05) is 0 Å². The van der Waals surface area contributed by atoms with Crippen molar-refractivity contribution in [2.45, 2.75) is 19.4 Å². The van der Waals surface area contributed by atoms with Crippen LogP contribution in [0.5, 0.6) is 5.75 Å². The summed E-state index contributed by atoms with van der Waals surface area (Å²) < 4.78 is 18.5. The molecule has 0 saturated heterocycles. The number of hydrogen-bond acceptors (Lipinski definition) is 4. The van der Waals surface area contributed by atoms with Gasteiger partial charge in [0.05, 0.1) is 9.40 Å². The summed E-state index contributed by atoms with van der Waals surface area (Å²) in [7, 11) is 0. The van der Waals surface area contributed by atoms with Crippen LogP contribution in [-0.2, 0) is 0 Å². The summed E-state index contributed by atoms with van der Waals surface area (Å²) in [6.45, 7) is 3.46. The number of nitrogens with zero attached hydrogens (tertiary/aromatic N) is 1.